The molecule has 10 nitrogen and oxygen atoms in total. The van der Waals surface area contributed by atoms with Gasteiger partial charge in [0.2, 0.25) is 17.7 Å². The Kier molecular flexibility index (Phi) is 9.54. The fourth-order valence-corrected chi connectivity index (χ4v) is 4.25. The maximum Gasteiger partial charge on any atom is 0.326 e. The average molecular weight is 497 g/mol. The van der Waals surface area contributed by atoms with Crippen molar-refractivity contribution in [3.8, 4) is 0 Å². The van der Waals surface area contributed by atoms with Crippen molar-refractivity contribution in [3.05, 3.63) is 71.8 Å². The van der Waals surface area contributed by atoms with Crippen LogP contribution in [0.5, 0.6) is 0 Å². The molecule has 6 N–H and O–H groups in total. The molecule has 1 aliphatic rings. The number of nitrogens with one attached hydrogen (secondary N) is 2. The summed E-state index contributed by atoms with van der Waals surface area (Å²) in [5, 5.41) is 24.4. The van der Waals surface area contributed by atoms with Gasteiger partial charge in [-0.3, -0.25) is 14.4 Å². The molecule has 3 amide bonds. The molecule has 1 heterocycles. The second kappa shape index (κ2) is 12.8. The zero-order valence-corrected chi connectivity index (χ0v) is 19.9. The first-order valence-electron chi connectivity index (χ1n) is 11.9. The van der Waals surface area contributed by atoms with Crippen molar-refractivity contribution >= 4 is 23.7 Å². The molecule has 0 unspecified atom stereocenters. The molecule has 1 aliphatic heterocycles. The lowest BCUT2D eigenvalue weighted by molar-refractivity contribution is -0.145. The quantitative estimate of drug-likeness (QED) is 0.289. The number of aliphatic carboxylic acids is 1. The van der Waals surface area contributed by atoms with Gasteiger partial charge in [0.05, 0.1) is 12.6 Å². The molecule has 2 aromatic rings. The number of carboxylic acids is 1. The maximum atomic E-state index is 13.1. The van der Waals surface area contributed by atoms with Crippen LogP contribution in [0, 0.1) is 0 Å². The molecule has 0 aliphatic carbocycles. The summed E-state index contributed by atoms with van der Waals surface area (Å²) in [4.78, 5) is 51.7. The van der Waals surface area contributed by atoms with Gasteiger partial charge in [0, 0.05) is 13.0 Å². The van der Waals surface area contributed by atoms with Crippen molar-refractivity contribution in [2.75, 3.05) is 13.2 Å². The van der Waals surface area contributed by atoms with Gasteiger partial charge in [-0.05, 0) is 30.4 Å². The zero-order chi connectivity index (χ0) is 26.1. The molecule has 1 saturated heterocycles. The maximum absolute atomic E-state index is 13.1. The molecule has 0 radical (unpaired) electrons. The summed E-state index contributed by atoms with van der Waals surface area (Å²) in [6, 6.07) is 13.8. The summed E-state index contributed by atoms with van der Waals surface area (Å²) in [7, 11) is 0. The van der Waals surface area contributed by atoms with Gasteiger partial charge in [-0.1, -0.05) is 60.7 Å². The highest BCUT2D eigenvalue weighted by Gasteiger charge is 2.39. The van der Waals surface area contributed by atoms with E-state index in [1.807, 2.05) is 36.4 Å². The second-order valence-corrected chi connectivity index (χ2v) is 8.82. The number of aliphatic hydroxyl groups is 1. The van der Waals surface area contributed by atoms with E-state index in [-0.39, 0.29) is 19.4 Å². The minimum absolute atomic E-state index is 0.0944. The number of carbonyl (C=O) groups excluding carboxylic acids is 3. The molecule has 4 atom stereocenters. The first-order chi connectivity index (χ1) is 17.3. The smallest absolute Gasteiger partial charge is 0.326 e. The molecular formula is C26H32N4O6. The second-order valence-electron chi connectivity index (χ2n) is 8.82. The van der Waals surface area contributed by atoms with Gasteiger partial charge in [-0.25, -0.2) is 4.79 Å². The van der Waals surface area contributed by atoms with Gasteiger partial charge < -0.3 is 31.5 Å². The highest BCUT2D eigenvalue weighted by atomic mass is 16.4. The number of rotatable bonds is 11. The normalized spacial score (nSPS) is 17.6. The number of aliphatic hydroxyl groups excluding tert-OH is 1. The number of likely N-dealkylation sites (tertiary alicyclic amines) is 1. The van der Waals surface area contributed by atoms with Crippen LogP contribution < -0.4 is 16.4 Å². The number of hydrogen-bond acceptors (Lipinski definition) is 6. The van der Waals surface area contributed by atoms with Gasteiger partial charge in [-0.15, -0.1) is 0 Å². The van der Waals surface area contributed by atoms with Gasteiger partial charge in [0.25, 0.3) is 0 Å². The molecule has 3 rings (SSSR count). The van der Waals surface area contributed by atoms with Crippen LogP contribution in [0.4, 0.5) is 0 Å². The highest BCUT2D eigenvalue weighted by Crippen LogP contribution is 2.19. The SMILES string of the molecule is N[C@@H](Cc1ccccc1)C(=O)N[C@@H](CO)C(=O)N1CCC[C@H]1C(=O)N[C@@H](Cc1ccccc1)C(=O)O. The number of nitrogens with zero attached hydrogens (tertiary/aromatic N) is 1. The number of nitrogens with two attached hydrogens (primary N) is 1. The number of benzene rings is 2. The Morgan fingerprint density at radius 1 is 0.917 bits per heavy atom. The summed E-state index contributed by atoms with van der Waals surface area (Å²) < 4.78 is 0. The van der Waals surface area contributed by atoms with E-state index in [9.17, 15) is 29.4 Å². The topological polar surface area (TPSA) is 162 Å². The third-order valence-electron chi connectivity index (χ3n) is 6.17. The Bertz CT molecular complexity index is 1050. The predicted octanol–water partition coefficient (Wildman–Crippen LogP) is -0.163. The lowest BCUT2D eigenvalue weighted by Crippen LogP contribution is -2.58. The number of hydrogen-bond donors (Lipinski definition) is 5. The average Bonchev–Trinajstić information content (AvgIpc) is 3.37. The molecule has 0 aromatic heterocycles. The summed E-state index contributed by atoms with van der Waals surface area (Å²) in [6.07, 6.45) is 1.22. The van der Waals surface area contributed by atoms with E-state index in [4.69, 9.17) is 5.73 Å². The fourth-order valence-electron chi connectivity index (χ4n) is 4.25. The largest absolute Gasteiger partial charge is 0.480 e. The third kappa shape index (κ3) is 7.12. The van der Waals surface area contributed by atoms with E-state index in [1.54, 1.807) is 24.3 Å². The Morgan fingerprint density at radius 2 is 1.50 bits per heavy atom. The van der Waals surface area contributed by atoms with Crippen molar-refractivity contribution in [2.24, 2.45) is 5.73 Å². The van der Waals surface area contributed by atoms with Gasteiger partial charge in [-0.2, -0.15) is 0 Å². The van der Waals surface area contributed by atoms with Crippen molar-refractivity contribution in [2.45, 2.75) is 49.9 Å². The van der Waals surface area contributed by atoms with E-state index in [0.717, 1.165) is 11.1 Å². The lowest BCUT2D eigenvalue weighted by atomic mass is 10.0. The van der Waals surface area contributed by atoms with E-state index in [2.05, 4.69) is 10.6 Å². The molecular weight excluding hydrogens is 464 g/mol. The first-order valence-corrected chi connectivity index (χ1v) is 11.9. The predicted molar refractivity (Wildman–Crippen MR) is 132 cm³/mol. The van der Waals surface area contributed by atoms with Crippen LogP contribution in [0.1, 0.15) is 24.0 Å². The molecule has 0 bridgehead atoms. The Balaban J connectivity index is 1.61. The molecule has 0 spiro atoms. The fraction of sp³-hybridized carbons (Fsp3) is 0.385. The van der Waals surface area contributed by atoms with Crippen LogP contribution in [-0.2, 0) is 32.0 Å². The van der Waals surface area contributed by atoms with Crippen LogP contribution in [0.2, 0.25) is 0 Å². The lowest BCUT2D eigenvalue weighted by Gasteiger charge is -2.29. The van der Waals surface area contributed by atoms with Crippen LogP contribution in [0.15, 0.2) is 60.7 Å². The number of carbonyl (C=O) groups is 4. The summed E-state index contributed by atoms with van der Waals surface area (Å²) in [5.41, 5.74) is 7.59. The van der Waals surface area contributed by atoms with Crippen molar-refractivity contribution in [1.29, 1.82) is 0 Å². The van der Waals surface area contributed by atoms with E-state index in [1.165, 1.54) is 4.90 Å². The Hall–Kier alpha value is -3.76. The molecule has 0 saturated carbocycles. The summed E-state index contributed by atoms with van der Waals surface area (Å²) >= 11 is 0. The molecule has 192 valence electrons. The van der Waals surface area contributed by atoms with Crippen LogP contribution >= 0.6 is 0 Å². The minimum Gasteiger partial charge on any atom is -0.480 e. The highest BCUT2D eigenvalue weighted by molar-refractivity contribution is 5.94. The standard InChI is InChI=1S/C26H32N4O6/c27-19(14-17-8-3-1-4-9-17)23(32)29-21(16-31)25(34)30-13-7-12-22(30)24(33)28-20(26(35)36)15-18-10-5-2-6-11-18/h1-6,8-11,19-22,31H,7,12-16,27H2,(H,28,33)(H,29,32)(H,35,36)/t19-,20-,21-,22-/m0/s1. The Morgan fingerprint density at radius 3 is 2.06 bits per heavy atom. The van der Waals surface area contributed by atoms with Crippen LogP contribution in [0.3, 0.4) is 0 Å². The van der Waals surface area contributed by atoms with Crippen LogP contribution in [0.25, 0.3) is 0 Å². The van der Waals surface area contributed by atoms with E-state index >= 15 is 0 Å². The Labute approximate surface area is 209 Å². The molecule has 1 fully saturated rings. The van der Waals surface area contributed by atoms with E-state index in [0.29, 0.717) is 12.8 Å². The monoisotopic (exact) mass is 496 g/mol. The molecule has 36 heavy (non-hydrogen) atoms. The van der Waals surface area contributed by atoms with Gasteiger partial charge >= 0.3 is 5.97 Å². The van der Waals surface area contributed by atoms with Gasteiger partial charge in [0.15, 0.2) is 0 Å². The van der Waals surface area contributed by atoms with Crippen molar-refractivity contribution in [1.82, 2.24) is 15.5 Å². The van der Waals surface area contributed by atoms with E-state index < -0.39 is 54.5 Å². The zero-order valence-electron chi connectivity index (χ0n) is 19.9. The number of carboxylic acid groups (broad SMARTS) is 1. The molecule has 10 heteroatoms. The third-order valence-corrected chi connectivity index (χ3v) is 6.17. The minimum atomic E-state index is -1.27. The first kappa shape index (κ1) is 26.8. The van der Waals surface area contributed by atoms with Crippen LogP contribution in [-0.4, -0.2) is 76.1 Å². The summed E-state index contributed by atoms with van der Waals surface area (Å²) in [5.74, 6) is -2.99. The summed E-state index contributed by atoms with van der Waals surface area (Å²) in [6.45, 7) is -0.422. The molecule has 2 aromatic carbocycles. The number of amides is 3. The van der Waals surface area contributed by atoms with Crippen molar-refractivity contribution in [3.63, 3.8) is 0 Å². The van der Waals surface area contributed by atoms with Crippen molar-refractivity contribution < 1.29 is 29.4 Å². The van der Waals surface area contributed by atoms with Gasteiger partial charge in [0.1, 0.15) is 18.1 Å².